The molecular formula is C14H19Br2NO2S. The second-order valence-corrected chi connectivity index (χ2v) is 9.44. The lowest BCUT2D eigenvalue weighted by molar-refractivity contribution is 0.188. The number of hydrogen-bond donors (Lipinski definition) is 1. The second kappa shape index (κ2) is 6.07. The summed E-state index contributed by atoms with van der Waals surface area (Å²) in [6, 6.07) is 5.11. The molecule has 6 heteroatoms. The average molecular weight is 425 g/mol. The summed E-state index contributed by atoms with van der Waals surface area (Å²) in [4.78, 5) is 0.294. The zero-order chi connectivity index (χ0) is 15.0. The highest BCUT2D eigenvalue weighted by Crippen LogP contribution is 2.36. The predicted molar refractivity (Wildman–Crippen MR) is 88.2 cm³/mol. The molecule has 0 spiro atoms. The summed E-state index contributed by atoms with van der Waals surface area (Å²) in [7, 11) is -3.50. The molecule has 1 atom stereocenters. The number of sulfonamides is 1. The molecule has 1 saturated carbocycles. The molecule has 0 heterocycles. The van der Waals surface area contributed by atoms with Gasteiger partial charge in [-0.1, -0.05) is 42.6 Å². The molecule has 1 fully saturated rings. The Hall–Kier alpha value is 0.0900. The van der Waals surface area contributed by atoms with Gasteiger partial charge in [0.1, 0.15) is 0 Å². The van der Waals surface area contributed by atoms with Crippen LogP contribution in [0.1, 0.15) is 39.5 Å². The highest BCUT2D eigenvalue weighted by molar-refractivity contribution is 9.11. The SMILES string of the molecule is CC1(C)CCCCC1NS(=O)(=O)c1ccc(Br)cc1Br. The first-order valence-corrected chi connectivity index (χ1v) is 9.77. The fourth-order valence-corrected chi connectivity index (χ4v) is 5.84. The van der Waals surface area contributed by atoms with Crippen molar-refractivity contribution in [1.82, 2.24) is 4.72 Å². The minimum absolute atomic E-state index is 0.00297. The van der Waals surface area contributed by atoms with Gasteiger partial charge in [-0.25, -0.2) is 13.1 Å². The molecule has 0 amide bonds. The van der Waals surface area contributed by atoms with Gasteiger partial charge in [-0.15, -0.1) is 0 Å². The summed E-state index contributed by atoms with van der Waals surface area (Å²) in [5, 5.41) is 0. The van der Waals surface area contributed by atoms with E-state index in [1.165, 1.54) is 6.42 Å². The van der Waals surface area contributed by atoms with E-state index in [0.717, 1.165) is 23.7 Å². The van der Waals surface area contributed by atoms with E-state index in [2.05, 4.69) is 50.4 Å². The summed E-state index contributed by atoms with van der Waals surface area (Å²) < 4.78 is 29.4. The van der Waals surface area contributed by atoms with E-state index in [1.807, 2.05) is 0 Å². The van der Waals surface area contributed by atoms with Gasteiger partial charge in [0.05, 0.1) is 4.90 Å². The van der Waals surface area contributed by atoms with E-state index in [-0.39, 0.29) is 11.5 Å². The molecule has 1 unspecified atom stereocenters. The lowest BCUT2D eigenvalue weighted by atomic mass is 9.74. The fraction of sp³-hybridized carbons (Fsp3) is 0.571. The van der Waals surface area contributed by atoms with Crippen LogP contribution >= 0.6 is 31.9 Å². The van der Waals surface area contributed by atoms with Crippen LogP contribution in [0.2, 0.25) is 0 Å². The standard InChI is InChI=1S/C14H19Br2NO2S/c1-14(2)8-4-3-5-13(14)17-20(18,19)12-7-6-10(15)9-11(12)16/h6-7,9,13,17H,3-5,8H2,1-2H3. The van der Waals surface area contributed by atoms with Crippen LogP contribution in [-0.4, -0.2) is 14.5 Å². The molecule has 0 aliphatic heterocycles. The molecule has 3 nitrogen and oxygen atoms in total. The number of nitrogens with one attached hydrogen (secondary N) is 1. The van der Waals surface area contributed by atoms with Gasteiger partial charge in [0, 0.05) is 15.0 Å². The second-order valence-electron chi connectivity index (χ2n) is 5.98. The molecule has 0 aromatic heterocycles. The van der Waals surface area contributed by atoms with E-state index in [1.54, 1.807) is 18.2 Å². The lowest BCUT2D eigenvalue weighted by Crippen LogP contribution is -2.46. The molecule has 1 aromatic rings. The van der Waals surface area contributed by atoms with Crippen LogP contribution in [0.4, 0.5) is 0 Å². The molecule has 1 aromatic carbocycles. The first-order valence-electron chi connectivity index (χ1n) is 6.70. The van der Waals surface area contributed by atoms with Crippen LogP contribution in [0, 0.1) is 5.41 Å². The Labute approximate surface area is 137 Å². The molecule has 20 heavy (non-hydrogen) atoms. The molecule has 1 aliphatic carbocycles. The van der Waals surface area contributed by atoms with Gasteiger partial charge < -0.3 is 0 Å². The van der Waals surface area contributed by atoms with Gasteiger partial charge in [-0.2, -0.15) is 0 Å². The Morgan fingerprint density at radius 2 is 1.95 bits per heavy atom. The largest absolute Gasteiger partial charge is 0.241 e. The maximum absolute atomic E-state index is 12.6. The van der Waals surface area contributed by atoms with Crippen molar-refractivity contribution in [2.24, 2.45) is 5.41 Å². The summed E-state index contributed by atoms with van der Waals surface area (Å²) >= 11 is 6.66. The Kier molecular flexibility index (Phi) is 4.99. The van der Waals surface area contributed by atoms with Crippen molar-refractivity contribution in [3.8, 4) is 0 Å². The molecule has 112 valence electrons. The average Bonchev–Trinajstić information content (AvgIpc) is 2.31. The van der Waals surface area contributed by atoms with Gasteiger partial charge in [0.25, 0.3) is 0 Å². The highest BCUT2D eigenvalue weighted by Gasteiger charge is 2.35. The molecule has 2 rings (SSSR count). The van der Waals surface area contributed by atoms with Gasteiger partial charge in [-0.3, -0.25) is 0 Å². The molecule has 0 bridgehead atoms. The summed E-state index contributed by atoms with van der Waals surface area (Å²) in [5.74, 6) is 0. The van der Waals surface area contributed by atoms with Crippen molar-refractivity contribution in [3.63, 3.8) is 0 Å². The van der Waals surface area contributed by atoms with Gasteiger partial charge in [0.2, 0.25) is 10.0 Å². The van der Waals surface area contributed by atoms with Crippen LogP contribution < -0.4 is 4.72 Å². The number of benzene rings is 1. The minimum Gasteiger partial charge on any atom is -0.208 e. The third kappa shape index (κ3) is 3.64. The minimum atomic E-state index is -3.50. The van der Waals surface area contributed by atoms with Gasteiger partial charge in [-0.05, 0) is 52.4 Å². The monoisotopic (exact) mass is 423 g/mol. The molecular weight excluding hydrogens is 406 g/mol. The third-order valence-corrected chi connectivity index (χ3v) is 6.93. The van der Waals surface area contributed by atoms with E-state index in [4.69, 9.17) is 0 Å². The molecule has 0 radical (unpaired) electrons. The summed E-state index contributed by atoms with van der Waals surface area (Å²) in [5.41, 5.74) is 0.00710. The zero-order valence-corrected chi connectivity index (χ0v) is 15.6. The lowest BCUT2D eigenvalue weighted by Gasteiger charge is -2.38. The smallest absolute Gasteiger partial charge is 0.208 e. The summed E-state index contributed by atoms with van der Waals surface area (Å²) in [6.07, 6.45) is 4.22. The van der Waals surface area contributed by atoms with Crippen LogP contribution in [0.15, 0.2) is 32.0 Å². The van der Waals surface area contributed by atoms with E-state index in [0.29, 0.717) is 9.37 Å². The first kappa shape index (κ1) is 16.5. The number of hydrogen-bond acceptors (Lipinski definition) is 2. The zero-order valence-electron chi connectivity index (χ0n) is 11.6. The maximum atomic E-state index is 12.6. The highest BCUT2D eigenvalue weighted by atomic mass is 79.9. The van der Waals surface area contributed by atoms with Crippen LogP contribution in [0.3, 0.4) is 0 Å². The van der Waals surface area contributed by atoms with Crippen molar-refractivity contribution in [3.05, 3.63) is 27.1 Å². The summed E-state index contributed by atoms with van der Waals surface area (Å²) in [6.45, 7) is 4.27. The molecule has 1 aliphatic rings. The first-order chi connectivity index (χ1) is 9.22. The molecule has 0 saturated heterocycles. The van der Waals surface area contributed by atoms with Crippen LogP contribution in [-0.2, 0) is 10.0 Å². The van der Waals surface area contributed by atoms with Gasteiger partial charge in [0.15, 0.2) is 0 Å². The Morgan fingerprint density at radius 1 is 1.25 bits per heavy atom. The number of halogens is 2. The third-order valence-electron chi connectivity index (χ3n) is 3.99. The van der Waals surface area contributed by atoms with Crippen LogP contribution in [0.5, 0.6) is 0 Å². The molecule has 1 N–H and O–H groups in total. The predicted octanol–water partition coefficient (Wildman–Crippen LogP) is 4.46. The van der Waals surface area contributed by atoms with Crippen molar-refractivity contribution in [1.29, 1.82) is 0 Å². The quantitative estimate of drug-likeness (QED) is 0.778. The van der Waals surface area contributed by atoms with Crippen molar-refractivity contribution in [2.75, 3.05) is 0 Å². The van der Waals surface area contributed by atoms with E-state index in [9.17, 15) is 8.42 Å². The fourth-order valence-electron chi connectivity index (χ4n) is 2.66. The Morgan fingerprint density at radius 3 is 2.55 bits per heavy atom. The van der Waals surface area contributed by atoms with Crippen molar-refractivity contribution < 1.29 is 8.42 Å². The van der Waals surface area contributed by atoms with E-state index >= 15 is 0 Å². The van der Waals surface area contributed by atoms with Crippen molar-refractivity contribution >= 4 is 41.9 Å². The number of rotatable bonds is 3. The van der Waals surface area contributed by atoms with Gasteiger partial charge >= 0.3 is 0 Å². The normalized spacial score (nSPS) is 22.7. The Balaban J connectivity index is 2.27. The van der Waals surface area contributed by atoms with E-state index < -0.39 is 10.0 Å². The Bertz CT molecular complexity index is 599. The topological polar surface area (TPSA) is 46.2 Å². The van der Waals surface area contributed by atoms with Crippen molar-refractivity contribution in [2.45, 2.75) is 50.5 Å². The maximum Gasteiger partial charge on any atom is 0.241 e. The van der Waals surface area contributed by atoms with Crippen LogP contribution in [0.25, 0.3) is 0 Å².